The lowest BCUT2D eigenvalue weighted by Gasteiger charge is -2.17. The number of carbonyl (C=O) groups is 1. The Bertz CT molecular complexity index is 294. The molecule has 0 aliphatic carbocycles. The summed E-state index contributed by atoms with van der Waals surface area (Å²) in [5.41, 5.74) is 0. The van der Waals surface area contributed by atoms with E-state index in [-0.39, 0.29) is 6.42 Å². The molecular formula is C21H42O4. The van der Waals surface area contributed by atoms with Crippen LogP contribution < -0.4 is 0 Å². The number of carboxylic acids is 1. The molecule has 0 aliphatic rings. The standard InChI is InChI=1S/C21H42O4/c1-2-3-4-5-6-7-8-10-13-16-19(22)20(23)17-14-11-9-12-15-18-21(24)25/h19-20,22-23H,2-18H2,1H3,(H,24,25)/t19-,20?/m1/s1. The number of aliphatic carboxylic acids is 1. The quantitative estimate of drug-likeness (QED) is 0.268. The Morgan fingerprint density at radius 3 is 1.40 bits per heavy atom. The lowest BCUT2D eigenvalue weighted by atomic mass is 9.99. The van der Waals surface area contributed by atoms with E-state index >= 15 is 0 Å². The number of rotatable bonds is 19. The van der Waals surface area contributed by atoms with Crippen molar-refractivity contribution in [1.29, 1.82) is 0 Å². The maximum absolute atomic E-state index is 10.4. The molecule has 25 heavy (non-hydrogen) atoms. The summed E-state index contributed by atoms with van der Waals surface area (Å²) in [6.07, 6.45) is 16.4. The van der Waals surface area contributed by atoms with Gasteiger partial charge in [0, 0.05) is 6.42 Å². The van der Waals surface area contributed by atoms with E-state index in [4.69, 9.17) is 5.11 Å². The Hall–Kier alpha value is -0.610. The van der Waals surface area contributed by atoms with Gasteiger partial charge in [0.1, 0.15) is 0 Å². The van der Waals surface area contributed by atoms with Crippen molar-refractivity contribution in [2.75, 3.05) is 0 Å². The summed E-state index contributed by atoms with van der Waals surface area (Å²) in [6.45, 7) is 2.24. The number of hydrogen-bond acceptors (Lipinski definition) is 3. The largest absolute Gasteiger partial charge is 0.481 e. The summed E-state index contributed by atoms with van der Waals surface area (Å²) < 4.78 is 0. The van der Waals surface area contributed by atoms with Crippen LogP contribution in [0.5, 0.6) is 0 Å². The Kier molecular flexibility index (Phi) is 17.7. The van der Waals surface area contributed by atoms with Crippen molar-refractivity contribution >= 4 is 5.97 Å². The first-order valence-electron chi connectivity index (χ1n) is 10.7. The minimum atomic E-state index is -0.727. The first-order chi connectivity index (χ1) is 12.1. The highest BCUT2D eigenvalue weighted by atomic mass is 16.4. The molecule has 3 N–H and O–H groups in total. The summed E-state index contributed by atoms with van der Waals surface area (Å²) in [5.74, 6) is -0.727. The third-order valence-electron chi connectivity index (χ3n) is 4.94. The molecule has 0 amide bonds. The van der Waals surface area contributed by atoms with Crippen molar-refractivity contribution in [2.45, 2.75) is 128 Å². The molecule has 0 rings (SSSR count). The molecule has 0 aliphatic heterocycles. The smallest absolute Gasteiger partial charge is 0.303 e. The zero-order chi connectivity index (χ0) is 18.8. The highest BCUT2D eigenvalue weighted by Gasteiger charge is 2.15. The van der Waals surface area contributed by atoms with E-state index in [1.54, 1.807) is 0 Å². The van der Waals surface area contributed by atoms with Crippen LogP contribution in [0.1, 0.15) is 116 Å². The van der Waals surface area contributed by atoms with Gasteiger partial charge in [-0.1, -0.05) is 90.4 Å². The van der Waals surface area contributed by atoms with Crippen LogP contribution in [0.25, 0.3) is 0 Å². The first-order valence-corrected chi connectivity index (χ1v) is 10.7. The van der Waals surface area contributed by atoms with Crippen molar-refractivity contribution in [2.24, 2.45) is 0 Å². The van der Waals surface area contributed by atoms with Crippen molar-refractivity contribution < 1.29 is 20.1 Å². The molecule has 4 nitrogen and oxygen atoms in total. The molecule has 0 aromatic rings. The summed E-state index contributed by atoms with van der Waals surface area (Å²) in [7, 11) is 0. The SMILES string of the molecule is CCCCCCCCCCC[C@@H](O)C(O)CCCCCCCC(=O)O. The number of hydrogen-bond donors (Lipinski definition) is 3. The molecule has 0 aromatic heterocycles. The topological polar surface area (TPSA) is 77.8 Å². The van der Waals surface area contributed by atoms with Crippen LogP contribution in [-0.2, 0) is 4.79 Å². The van der Waals surface area contributed by atoms with Gasteiger partial charge in [0.15, 0.2) is 0 Å². The maximum atomic E-state index is 10.4. The molecule has 0 heterocycles. The average Bonchev–Trinajstić information content (AvgIpc) is 2.58. The van der Waals surface area contributed by atoms with E-state index in [9.17, 15) is 15.0 Å². The van der Waals surface area contributed by atoms with E-state index < -0.39 is 18.2 Å². The van der Waals surface area contributed by atoms with Crippen LogP contribution in [0.3, 0.4) is 0 Å². The van der Waals surface area contributed by atoms with Crippen molar-refractivity contribution in [3.8, 4) is 0 Å². The van der Waals surface area contributed by atoms with Crippen LogP contribution in [0, 0.1) is 0 Å². The molecular weight excluding hydrogens is 316 g/mol. The lowest BCUT2D eigenvalue weighted by molar-refractivity contribution is -0.137. The van der Waals surface area contributed by atoms with Crippen LogP contribution >= 0.6 is 0 Å². The van der Waals surface area contributed by atoms with Gasteiger partial charge in [0.2, 0.25) is 0 Å². The molecule has 150 valence electrons. The summed E-state index contributed by atoms with van der Waals surface area (Å²) >= 11 is 0. The first kappa shape index (κ1) is 24.4. The molecule has 4 heteroatoms. The summed E-state index contributed by atoms with van der Waals surface area (Å²) in [6, 6.07) is 0. The number of aliphatic hydroxyl groups is 2. The minimum absolute atomic E-state index is 0.250. The highest BCUT2D eigenvalue weighted by Crippen LogP contribution is 2.15. The zero-order valence-corrected chi connectivity index (χ0v) is 16.4. The van der Waals surface area contributed by atoms with Crippen LogP contribution in [0.2, 0.25) is 0 Å². The molecule has 0 radical (unpaired) electrons. The van der Waals surface area contributed by atoms with E-state index in [1.165, 1.54) is 44.9 Å². The van der Waals surface area contributed by atoms with E-state index in [2.05, 4.69) is 6.92 Å². The predicted octanol–water partition coefficient (Wildman–Crippen LogP) is 5.44. The summed E-state index contributed by atoms with van der Waals surface area (Å²) in [4.78, 5) is 10.4. The second-order valence-corrected chi connectivity index (χ2v) is 7.45. The zero-order valence-electron chi connectivity index (χ0n) is 16.4. The highest BCUT2D eigenvalue weighted by molar-refractivity contribution is 5.66. The second-order valence-electron chi connectivity index (χ2n) is 7.45. The fraction of sp³-hybridized carbons (Fsp3) is 0.952. The van der Waals surface area contributed by atoms with E-state index in [0.717, 1.165) is 44.9 Å². The van der Waals surface area contributed by atoms with Crippen molar-refractivity contribution in [3.63, 3.8) is 0 Å². The maximum Gasteiger partial charge on any atom is 0.303 e. The molecule has 2 atom stereocenters. The number of aliphatic hydroxyl groups excluding tert-OH is 2. The Morgan fingerprint density at radius 1 is 0.640 bits per heavy atom. The van der Waals surface area contributed by atoms with Crippen LogP contribution in [-0.4, -0.2) is 33.5 Å². The van der Waals surface area contributed by atoms with Gasteiger partial charge in [0.05, 0.1) is 12.2 Å². The van der Waals surface area contributed by atoms with Gasteiger partial charge in [-0.25, -0.2) is 0 Å². The summed E-state index contributed by atoms with van der Waals surface area (Å²) in [5, 5.41) is 28.5. The predicted molar refractivity (Wildman–Crippen MR) is 104 cm³/mol. The minimum Gasteiger partial charge on any atom is -0.481 e. The molecule has 0 aromatic carbocycles. The van der Waals surface area contributed by atoms with Gasteiger partial charge < -0.3 is 15.3 Å². The molecule has 1 unspecified atom stereocenters. The fourth-order valence-electron chi connectivity index (χ4n) is 3.21. The Morgan fingerprint density at radius 2 is 1.00 bits per heavy atom. The van der Waals surface area contributed by atoms with Gasteiger partial charge in [0.25, 0.3) is 0 Å². The molecule has 0 spiro atoms. The van der Waals surface area contributed by atoms with Gasteiger partial charge in [-0.05, 0) is 19.3 Å². The van der Waals surface area contributed by atoms with Crippen molar-refractivity contribution in [1.82, 2.24) is 0 Å². The molecule has 0 bridgehead atoms. The third kappa shape index (κ3) is 18.0. The Balaban J connectivity index is 3.36. The third-order valence-corrected chi connectivity index (χ3v) is 4.94. The molecule has 0 fully saturated rings. The van der Waals surface area contributed by atoms with E-state index in [1.807, 2.05) is 0 Å². The number of unbranched alkanes of at least 4 members (excludes halogenated alkanes) is 12. The van der Waals surface area contributed by atoms with Gasteiger partial charge in [-0.15, -0.1) is 0 Å². The van der Waals surface area contributed by atoms with Gasteiger partial charge in [-0.3, -0.25) is 4.79 Å². The van der Waals surface area contributed by atoms with Crippen LogP contribution in [0.15, 0.2) is 0 Å². The second kappa shape index (κ2) is 18.2. The Labute approximate surface area is 155 Å². The lowest BCUT2D eigenvalue weighted by Crippen LogP contribution is -2.25. The van der Waals surface area contributed by atoms with Crippen LogP contribution in [0.4, 0.5) is 0 Å². The average molecular weight is 359 g/mol. The molecule has 0 saturated carbocycles. The van der Waals surface area contributed by atoms with Crippen molar-refractivity contribution in [3.05, 3.63) is 0 Å². The molecule has 0 saturated heterocycles. The van der Waals surface area contributed by atoms with Gasteiger partial charge >= 0.3 is 5.97 Å². The fourth-order valence-corrected chi connectivity index (χ4v) is 3.21. The number of carboxylic acid groups (broad SMARTS) is 1. The van der Waals surface area contributed by atoms with Gasteiger partial charge in [-0.2, -0.15) is 0 Å². The van der Waals surface area contributed by atoms with E-state index in [0.29, 0.717) is 12.8 Å². The normalized spacial score (nSPS) is 13.7. The monoisotopic (exact) mass is 358 g/mol.